The Balaban J connectivity index is 1.17. The first-order valence-corrected chi connectivity index (χ1v) is 23.8. The van der Waals surface area contributed by atoms with Gasteiger partial charge in [0, 0.05) is 56.9 Å². The number of likely N-dealkylation sites (tertiary alicyclic amines) is 2. The van der Waals surface area contributed by atoms with Gasteiger partial charge in [-0.1, -0.05) is 112 Å². The van der Waals surface area contributed by atoms with Crippen LogP contribution in [0.4, 0.5) is 21.0 Å². The van der Waals surface area contributed by atoms with E-state index in [1.165, 1.54) is 24.0 Å². The highest BCUT2D eigenvalue weighted by Crippen LogP contribution is 2.55. The molecule has 7 rings (SSSR count). The average molecular weight is 945 g/mol. The van der Waals surface area contributed by atoms with E-state index in [0.717, 1.165) is 60.8 Å². The summed E-state index contributed by atoms with van der Waals surface area (Å²) in [4.78, 5) is 85.3. The molecule has 16 nitrogen and oxygen atoms in total. The molecule has 2 heterocycles. The summed E-state index contributed by atoms with van der Waals surface area (Å²) >= 11 is 0. The smallest absolute Gasteiger partial charge is 0.407 e. The number of carbonyl (C=O) groups is 6. The van der Waals surface area contributed by atoms with Gasteiger partial charge in [0.05, 0.1) is 26.4 Å². The molecule has 2 saturated heterocycles. The van der Waals surface area contributed by atoms with Gasteiger partial charge >= 0.3 is 12.2 Å². The fourth-order valence-corrected chi connectivity index (χ4v) is 10.2. The second kappa shape index (κ2) is 22.6. The van der Waals surface area contributed by atoms with Crippen molar-refractivity contribution in [3.63, 3.8) is 0 Å². The molecular weight excluding hydrogens is 881 g/mol. The average Bonchev–Trinajstić information content (AvgIpc) is 4.09. The van der Waals surface area contributed by atoms with Crippen LogP contribution in [-0.2, 0) is 43.5 Å². The summed E-state index contributed by atoms with van der Waals surface area (Å²) in [5.41, 5.74) is 5.98. The molecule has 4 aromatic carbocycles. The molecule has 2 fully saturated rings. The van der Waals surface area contributed by atoms with Crippen molar-refractivity contribution >= 4 is 47.2 Å². The number of carbonyl (C=O) groups excluding carboxylic acids is 6. The summed E-state index contributed by atoms with van der Waals surface area (Å²) in [6.07, 6.45) is 3.54. The molecule has 4 aromatic rings. The summed E-state index contributed by atoms with van der Waals surface area (Å²) in [6.45, 7) is 4.62. The number of anilines is 2. The lowest BCUT2D eigenvalue weighted by Gasteiger charge is -2.33. The third-order valence-electron chi connectivity index (χ3n) is 13.8. The van der Waals surface area contributed by atoms with Gasteiger partial charge in [-0.2, -0.15) is 0 Å². The molecule has 6 amide bonds. The van der Waals surface area contributed by atoms with Crippen LogP contribution < -0.4 is 21.3 Å². The topological polar surface area (TPSA) is 194 Å². The van der Waals surface area contributed by atoms with E-state index in [2.05, 4.69) is 47.2 Å². The standard InChI is InChI=1S/C53H64N6O10/c1-7-9-25-53(26-10-8-2)41-27-35(54-47(60)43-29-37(66-3)31-58(43)49(62)45(56-51(64)68-5)33-17-13-11-14-18-33)21-23-39(41)40-24-22-36(28-42(40)53)55-48(61)44-30-38(67-4)32-59(44)50(63)46(57-52(65)69-6)34-19-15-12-16-20-34/h11-24,27-28,37-38,43-46H,7-10,25-26,29-32H2,1-6H3,(H,54,60)(H,55,61)(H,56,64)(H,57,65)/t37-,38-,43+,44+,45-,46-/m1/s1. The monoisotopic (exact) mass is 944 g/mol. The number of hydrogen-bond donors (Lipinski definition) is 4. The van der Waals surface area contributed by atoms with Crippen LogP contribution in [0, 0.1) is 0 Å². The van der Waals surface area contributed by atoms with Crippen molar-refractivity contribution in [1.82, 2.24) is 20.4 Å². The summed E-state index contributed by atoms with van der Waals surface area (Å²) in [6, 6.07) is 25.6. The van der Waals surface area contributed by atoms with Gasteiger partial charge in [-0.05, 0) is 70.5 Å². The summed E-state index contributed by atoms with van der Waals surface area (Å²) < 4.78 is 21.1. The summed E-state index contributed by atoms with van der Waals surface area (Å²) in [5, 5.41) is 11.6. The van der Waals surface area contributed by atoms with Crippen LogP contribution in [0.3, 0.4) is 0 Å². The van der Waals surface area contributed by atoms with Crippen molar-refractivity contribution in [2.24, 2.45) is 0 Å². The first kappa shape index (κ1) is 50.1. The van der Waals surface area contributed by atoms with Crippen LogP contribution in [0.2, 0.25) is 0 Å². The van der Waals surface area contributed by atoms with E-state index in [-0.39, 0.29) is 37.7 Å². The zero-order valence-electron chi connectivity index (χ0n) is 40.2. The number of unbranched alkanes of at least 4 members (excludes halogenated alkanes) is 2. The van der Waals surface area contributed by atoms with Crippen molar-refractivity contribution in [2.45, 2.75) is 107 Å². The van der Waals surface area contributed by atoms with Crippen LogP contribution >= 0.6 is 0 Å². The van der Waals surface area contributed by atoms with Gasteiger partial charge in [0.25, 0.3) is 11.8 Å². The quantitative estimate of drug-likeness (QED) is 0.0771. The molecule has 0 radical (unpaired) electrons. The fourth-order valence-electron chi connectivity index (χ4n) is 10.2. The number of benzene rings is 4. The molecule has 0 saturated carbocycles. The van der Waals surface area contributed by atoms with Gasteiger partial charge in [-0.15, -0.1) is 0 Å². The Hall–Kier alpha value is -6.78. The molecule has 2 aliphatic heterocycles. The lowest BCUT2D eigenvalue weighted by atomic mass is 9.70. The third kappa shape index (κ3) is 10.8. The van der Waals surface area contributed by atoms with Crippen molar-refractivity contribution in [3.8, 4) is 11.1 Å². The first-order valence-electron chi connectivity index (χ1n) is 23.8. The maximum absolute atomic E-state index is 14.4. The lowest BCUT2D eigenvalue weighted by molar-refractivity contribution is -0.138. The van der Waals surface area contributed by atoms with E-state index in [1.807, 2.05) is 36.4 Å². The third-order valence-corrected chi connectivity index (χ3v) is 13.8. The number of hydrogen-bond acceptors (Lipinski definition) is 10. The van der Waals surface area contributed by atoms with E-state index >= 15 is 0 Å². The number of amides is 6. The Labute approximate surface area is 403 Å². The zero-order valence-corrected chi connectivity index (χ0v) is 40.2. The molecule has 4 N–H and O–H groups in total. The Kier molecular flexibility index (Phi) is 16.4. The summed E-state index contributed by atoms with van der Waals surface area (Å²) in [7, 11) is 5.55. The normalized spacial score (nSPS) is 19.7. The molecule has 6 atom stereocenters. The SMILES string of the molecule is CCCCC1(CCCC)c2cc(NC(=O)[C@@H]3C[C@@H](OC)CN3C(=O)[C@H](NC(=O)OC)c3ccccc3)ccc2-c2ccc(NC(=O)[C@@H]3C[C@@H](OC)CN3C(=O)[C@H](NC(=O)OC)c3ccccc3)cc21. The predicted octanol–water partition coefficient (Wildman–Crippen LogP) is 7.64. The second-order valence-electron chi connectivity index (χ2n) is 17.9. The summed E-state index contributed by atoms with van der Waals surface area (Å²) in [5.74, 6) is -1.69. The van der Waals surface area contributed by atoms with Crippen LogP contribution in [0.5, 0.6) is 0 Å². The van der Waals surface area contributed by atoms with E-state index in [9.17, 15) is 28.8 Å². The largest absolute Gasteiger partial charge is 0.453 e. The lowest BCUT2D eigenvalue weighted by Crippen LogP contribution is -2.48. The molecule has 1 aliphatic carbocycles. The molecule has 0 bridgehead atoms. The molecule has 366 valence electrons. The van der Waals surface area contributed by atoms with E-state index in [4.69, 9.17) is 18.9 Å². The van der Waals surface area contributed by atoms with Gasteiger partial charge in [0.15, 0.2) is 0 Å². The first-order chi connectivity index (χ1) is 33.4. The maximum Gasteiger partial charge on any atom is 0.407 e. The minimum Gasteiger partial charge on any atom is -0.453 e. The molecule has 3 aliphatic rings. The number of fused-ring (bicyclic) bond motifs is 3. The van der Waals surface area contributed by atoms with Crippen LogP contribution in [0.15, 0.2) is 97.1 Å². The molecule has 0 aromatic heterocycles. The van der Waals surface area contributed by atoms with Gasteiger partial charge in [0.1, 0.15) is 24.2 Å². The second-order valence-corrected chi connectivity index (χ2v) is 17.9. The van der Waals surface area contributed by atoms with E-state index < -0.39 is 65.8 Å². The van der Waals surface area contributed by atoms with Crippen molar-refractivity contribution in [3.05, 3.63) is 119 Å². The van der Waals surface area contributed by atoms with Crippen LogP contribution in [0.1, 0.15) is 99.6 Å². The minimum atomic E-state index is -1.10. The molecule has 0 spiro atoms. The highest BCUT2D eigenvalue weighted by Gasteiger charge is 2.46. The number of ether oxygens (including phenoxy) is 4. The van der Waals surface area contributed by atoms with Gasteiger partial charge in [-0.25, -0.2) is 9.59 Å². The molecular formula is C53H64N6O10. The Morgan fingerprint density at radius 2 is 0.971 bits per heavy atom. The van der Waals surface area contributed by atoms with Crippen molar-refractivity contribution in [2.75, 3.05) is 52.2 Å². The number of methoxy groups -OCH3 is 4. The maximum atomic E-state index is 14.4. The molecule has 0 unspecified atom stereocenters. The predicted molar refractivity (Wildman–Crippen MR) is 260 cm³/mol. The van der Waals surface area contributed by atoms with Crippen molar-refractivity contribution in [1.29, 1.82) is 0 Å². The van der Waals surface area contributed by atoms with Crippen molar-refractivity contribution < 1.29 is 47.7 Å². The highest BCUT2D eigenvalue weighted by molar-refractivity contribution is 6.01. The number of rotatable bonds is 18. The Bertz CT molecular complexity index is 2320. The molecule has 69 heavy (non-hydrogen) atoms. The zero-order chi connectivity index (χ0) is 49.2. The van der Waals surface area contributed by atoms with E-state index in [0.29, 0.717) is 22.5 Å². The number of nitrogens with one attached hydrogen (secondary N) is 4. The Morgan fingerprint density at radius 1 is 0.580 bits per heavy atom. The van der Waals surface area contributed by atoms with Gasteiger partial charge in [-0.3, -0.25) is 19.2 Å². The van der Waals surface area contributed by atoms with Crippen LogP contribution in [-0.4, -0.2) is 111 Å². The number of nitrogens with zero attached hydrogens (tertiary/aromatic N) is 2. The molecule has 16 heteroatoms. The van der Waals surface area contributed by atoms with Gasteiger partial charge in [0.2, 0.25) is 11.8 Å². The minimum absolute atomic E-state index is 0.151. The highest BCUT2D eigenvalue weighted by atomic mass is 16.5. The Morgan fingerprint density at radius 3 is 1.32 bits per heavy atom. The van der Waals surface area contributed by atoms with E-state index in [1.54, 1.807) is 62.8 Å². The van der Waals surface area contributed by atoms with Gasteiger partial charge < -0.3 is 50.0 Å². The number of alkyl carbamates (subject to hydrolysis) is 2. The van der Waals surface area contributed by atoms with Crippen LogP contribution in [0.25, 0.3) is 11.1 Å². The fraction of sp³-hybridized carbons (Fsp3) is 0.434.